The summed E-state index contributed by atoms with van der Waals surface area (Å²) in [7, 11) is 0. The molecule has 5 rings (SSSR count). The fourth-order valence-electron chi connectivity index (χ4n) is 4.68. The minimum Gasteiger partial charge on any atom is -0.155 e. The Labute approximate surface area is 105 Å². The molecule has 0 N–H and O–H groups in total. The molecular weight excluding hydrogens is 212 g/mol. The number of rotatable bonds is 1. The lowest BCUT2D eigenvalue weighted by Crippen LogP contribution is -2.48. The lowest BCUT2D eigenvalue weighted by Gasteiger charge is -2.54. The van der Waals surface area contributed by atoms with Crippen LogP contribution in [0.2, 0.25) is 0 Å². The second-order valence-corrected chi connectivity index (χ2v) is 8.36. The van der Waals surface area contributed by atoms with Crippen LogP contribution in [-0.4, -0.2) is 10.5 Å². The van der Waals surface area contributed by atoms with Crippen LogP contribution in [0.25, 0.3) is 0 Å². The molecule has 4 bridgehead atoms. The second kappa shape index (κ2) is 3.93. The molecule has 2 saturated heterocycles. The van der Waals surface area contributed by atoms with E-state index in [-0.39, 0.29) is 0 Å². The summed E-state index contributed by atoms with van der Waals surface area (Å²) >= 11 is 2.36. The molecule has 1 heteroatoms. The Morgan fingerprint density at radius 1 is 1.25 bits per heavy atom. The molecule has 5 unspecified atom stereocenters. The monoisotopic (exact) mass is 238 g/mol. The highest BCUT2D eigenvalue weighted by Crippen LogP contribution is 2.60. The zero-order valence-corrected chi connectivity index (χ0v) is 11.9. The fourth-order valence-corrected chi connectivity index (χ4v) is 6.72. The summed E-state index contributed by atoms with van der Waals surface area (Å²) in [4.78, 5) is 0. The van der Waals surface area contributed by atoms with Gasteiger partial charge >= 0.3 is 0 Å². The summed E-state index contributed by atoms with van der Waals surface area (Å²) in [6, 6.07) is 0. The van der Waals surface area contributed by atoms with Gasteiger partial charge in [0.1, 0.15) is 0 Å². The highest BCUT2D eigenvalue weighted by Gasteiger charge is 2.52. The van der Waals surface area contributed by atoms with Crippen LogP contribution >= 0.6 is 11.8 Å². The second-order valence-electron chi connectivity index (χ2n) is 6.80. The van der Waals surface area contributed by atoms with Crippen LogP contribution in [0.3, 0.4) is 0 Å². The van der Waals surface area contributed by atoms with Crippen LogP contribution in [0.5, 0.6) is 0 Å². The maximum atomic E-state index is 2.58. The molecule has 3 saturated carbocycles. The number of hydrogen-bond acceptors (Lipinski definition) is 1. The molecule has 0 aromatic heterocycles. The van der Waals surface area contributed by atoms with Gasteiger partial charge in [0.15, 0.2) is 0 Å². The van der Waals surface area contributed by atoms with E-state index in [2.05, 4.69) is 32.5 Å². The third kappa shape index (κ3) is 1.57. The Kier molecular flexibility index (Phi) is 2.81. The molecule has 0 spiro atoms. The molecule has 6 atom stereocenters. The van der Waals surface area contributed by atoms with Gasteiger partial charge in [0, 0.05) is 10.5 Å². The molecule has 0 radical (unpaired) electrons. The summed E-state index contributed by atoms with van der Waals surface area (Å²) < 4.78 is 0. The standard InChI is InChI=1S/C15H26S/c1-4-15(3)7-5-6-11-8-12-9-13(15)10(2)16-14(11)12/h10-14H,4-9H2,1-3H3/t10?,11?,12?,13?,14-,15?/m0/s1. The van der Waals surface area contributed by atoms with Crippen LogP contribution < -0.4 is 0 Å². The van der Waals surface area contributed by atoms with Gasteiger partial charge in [0.05, 0.1) is 0 Å². The van der Waals surface area contributed by atoms with Crippen molar-refractivity contribution < 1.29 is 0 Å². The Morgan fingerprint density at radius 2 is 2.06 bits per heavy atom. The van der Waals surface area contributed by atoms with Crippen molar-refractivity contribution in [3.63, 3.8) is 0 Å². The van der Waals surface area contributed by atoms with Crippen LogP contribution in [0.1, 0.15) is 59.3 Å². The zero-order chi connectivity index (χ0) is 11.3. The van der Waals surface area contributed by atoms with E-state index in [1.165, 1.54) is 25.7 Å². The van der Waals surface area contributed by atoms with Crippen molar-refractivity contribution in [2.45, 2.75) is 69.8 Å². The fraction of sp³-hybridized carbons (Fsp3) is 1.00. The SMILES string of the molecule is CCC1(C)CCCC2CC3CC1C(C)S[C@@H]23. The topological polar surface area (TPSA) is 0 Å². The van der Waals surface area contributed by atoms with Crippen molar-refractivity contribution in [3.05, 3.63) is 0 Å². The first kappa shape index (κ1) is 11.4. The Balaban J connectivity index is 1.89. The first-order valence-corrected chi connectivity index (χ1v) is 8.24. The molecule has 92 valence electrons. The van der Waals surface area contributed by atoms with E-state index in [1.54, 1.807) is 12.8 Å². The van der Waals surface area contributed by atoms with Gasteiger partial charge in [-0.25, -0.2) is 0 Å². The van der Waals surface area contributed by atoms with Gasteiger partial charge in [-0.05, 0) is 48.9 Å². The summed E-state index contributed by atoms with van der Waals surface area (Å²) in [5.41, 5.74) is 0.648. The van der Waals surface area contributed by atoms with E-state index >= 15 is 0 Å². The van der Waals surface area contributed by atoms with Gasteiger partial charge in [-0.3, -0.25) is 0 Å². The van der Waals surface area contributed by atoms with E-state index < -0.39 is 0 Å². The summed E-state index contributed by atoms with van der Waals surface area (Å²) in [5, 5.41) is 1.98. The van der Waals surface area contributed by atoms with E-state index in [0.717, 1.165) is 28.3 Å². The lowest BCUT2D eigenvalue weighted by molar-refractivity contribution is 0.0988. The van der Waals surface area contributed by atoms with Crippen LogP contribution in [0.4, 0.5) is 0 Å². The minimum atomic E-state index is 0.648. The van der Waals surface area contributed by atoms with Crippen molar-refractivity contribution in [2.75, 3.05) is 0 Å². The van der Waals surface area contributed by atoms with E-state index in [9.17, 15) is 0 Å². The summed E-state index contributed by atoms with van der Waals surface area (Å²) in [6.07, 6.45) is 9.05. The van der Waals surface area contributed by atoms with Gasteiger partial charge < -0.3 is 0 Å². The number of fused-ring (bicyclic) bond motifs is 1. The Morgan fingerprint density at radius 3 is 2.81 bits per heavy atom. The van der Waals surface area contributed by atoms with Crippen LogP contribution in [0, 0.1) is 23.2 Å². The van der Waals surface area contributed by atoms with Crippen molar-refractivity contribution in [1.29, 1.82) is 0 Å². The largest absolute Gasteiger partial charge is 0.155 e. The average Bonchev–Trinajstić information content (AvgIpc) is 2.38. The first-order chi connectivity index (χ1) is 7.64. The van der Waals surface area contributed by atoms with Crippen molar-refractivity contribution in [3.8, 4) is 0 Å². The van der Waals surface area contributed by atoms with Gasteiger partial charge in [0.2, 0.25) is 0 Å². The smallest absolute Gasteiger partial charge is 0.0107 e. The molecule has 5 aliphatic rings. The third-order valence-electron chi connectivity index (χ3n) is 6.06. The Hall–Kier alpha value is 0.350. The molecule has 0 amide bonds. The summed E-state index contributed by atoms with van der Waals surface area (Å²) in [6.45, 7) is 7.52. The van der Waals surface area contributed by atoms with Gasteiger partial charge in [-0.1, -0.05) is 33.6 Å². The minimum absolute atomic E-state index is 0.648. The maximum Gasteiger partial charge on any atom is 0.0107 e. The predicted octanol–water partition coefficient (Wildman–Crippen LogP) is 4.73. The van der Waals surface area contributed by atoms with Crippen molar-refractivity contribution >= 4 is 11.8 Å². The molecule has 2 aliphatic heterocycles. The molecule has 5 fully saturated rings. The third-order valence-corrected chi connectivity index (χ3v) is 7.90. The quantitative estimate of drug-likeness (QED) is 0.636. The number of hydrogen-bond donors (Lipinski definition) is 0. The zero-order valence-electron chi connectivity index (χ0n) is 11.0. The van der Waals surface area contributed by atoms with E-state index in [4.69, 9.17) is 0 Å². The molecule has 0 aromatic rings. The maximum absolute atomic E-state index is 2.58. The Bertz CT molecular complexity index is 275. The lowest BCUT2D eigenvalue weighted by atomic mass is 9.64. The molecule has 0 nitrogen and oxygen atoms in total. The van der Waals surface area contributed by atoms with E-state index in [0.29, 0.717) is 5.41 Å². The van der Waals surface area contributed by atoms with Crippen molar-refractivity contribution in [2.24, 2.45) is 23.2 Å². The normalized spacial score (nSPS) is 56.1. The van der Waals surface area contributed by atoms with Gasteiger partial charge in [0.25, 0.3) is 0 Å². The predicted molar refractivity (Wildman–Crippen MR) is 72.8 cm³/mol. The first-order valence-electron chi connectivity index (χ1n) is 7.29. The molecule has 3 aliphatic carbocycles. The highest BCUT2D eigenvalue weighted by molar-refractivity contribution is 8.00. The summed E-state index contributed by atoms with van der Waals surface area (Å²) in [5.74, 6) is 3.19. The van der Waals surface area contributed by atoms with Crippen LogP contribution in [-0.2, 0) is 0 Å². The van der Waals surface area contributed by atoms with Gasteiger partial charge in [-0.2, -0.15) is 11.8 Å². The highest BCUT2D eigenvalue weighted by atomic mass is 32.2. The number of thioether (sulfide) groups is 1. The average molecular weight is 238 g/mol. The van der Waals surface area contributed by atoms with Crippen molar-refractivity contribution in [1.82, 2.24) is 0 Å². The molecule has 16 heavy (non-hydrogen) atoms. The molecule has 2 heterocycles. The van der Waals surface area contributed by atoms with Gasteiger partial charge in [-0.15, -0.1) is 0 Å². The van der Waals surface area contributed by atoms with Crippen LogP contribution in [0.15, 0.2) is 0 Å². The molecule has 0 aromatic carbocycles. The molecular formula is C15H26S. The van der Waals surface area contributed by atoms with E-state index in [1.807, 2.05) is 0 Å².